The van der Waals surface area contributed by atoms with E-state index in [-0.39, 0.29) is 0 Å². The van der Waals surface area contributed by atoms with Gasteiger partial charge in [0.15, 0.2) is 0 Å². The summed E-state index contributed by atoms with van der Waals surface area (Å²) in [5.41, 5.74) is 1.81. The molecule has 2 fully saturated rings. The van der Waals surface area contributed by atoms with E-state index in [0.29, 0.717) is 16.9 Å². The second kappa shape index (κ2) is 4.82. The number of nitrogens with one attached hydrogen (secondary N) is 1. The van der Waals surface area contributed by atoms with Gasteiger partial charge in [-0.15, -0.1) is 0 Å². The fourth-order valence-corrected chi connectivity index (χ4v) is 4.74. The molecular weight excluding hydrogens is 262 g/mol. The first-order valence-corrected chi connectivity index (χ1v) is 7.89. The van der Waals surface area contributed by atoms with Crippen molar-refractivity contribution in [3.05, 3.63) is 18.2 Å². The van der Waals surface area contributed by atoms with Crippen molar-refractivity contribution in [3.8, 4) is 11.5 Å². The van der Waals surface area contributed by atoms with Gasteiger partial charge < -0.3 is 14.8 Å². The van der Waals surface area contributed by atoms with Crippen molar-refractivity contribution in [2.24, 2.45) is 16.7 Å². The Bertz CT molecular complexity index is 535. The maximum Gasteiger partial charge on any atom is 0.145 e. The van der Waals surface area contributed by atoms with Crippen molar-refractivity contribution in [2.75, 3.05) is 19.5 Å². The molecule has 0 aliphatic heterocycles. The topological polar surface area (TPSA) is 30.5 Å². The van der Waals surface area contributed by atoms with Crippen LogP contribution in [0.15, 0.2) is 18.2 Å². The third kappa shape index (κ3) is 2.18. The number of anilines is 1. The van der Waals surface area contributed by atoms with E-state index in [1.54, 1.807) is 14.2 Å². The monoisotopic (exact) mass is 289 g/mol. The summed E-state index contributed by atoms with van der Waals surface area (Å²) in [6, 6.07) is 6.51. The highest BCUT2D eigenvalue weighted by Crippen LogP contribution is 2.63. The molecule has 0 amide bonds. The fourth-order valence-electron chi connectivity index (χ4n) is 4.74. The molecule has 3 atom stereocenters. The molecule has 1 N–H and O–H groups in total. The summed E-state index contributed by atoms with van der Waals surface area (Å²) in [6.07, 6.45) is 4.05. The van der Waals surface area contributed by atoms with E-state index >= 15 is 0 Å². The van der Waals surface area contributed by atoms with Crippen LogP contribution in [0.2, 0.25) is 0 Å². The molecule has 1 aromatic carbocycles. The Balaban J connectivity index is 1.90. The number of ether oxygens (including phenoxy) is 2. The number of fused-ring (bicyclic) bond motifs is 2. The lowest BCUT2D eigenvalue weighted by atomic mass is 9.68. The lowest BCUT2D eigenvalue weighted by Crippen LogP contribution is -2.45. The van der Waals surface area contributed by atoms with Gasteiger partial charge in [-0.3, -0.25) is 0 Å². The molecule has 2 saturated carbocycles. The zero-order valence-electron chi connectivity index (χ0n) is 13.8. The van der Waals surface area contributed by atoms with Gasteiger partial charge in [0.1, 0.15) is 11.5 Å². The standard InChI is InChI=1S/C18H27NO2/c1-17(2)12-8-9-18(3,11-12)16(17)19-14-7-6-13(20-4)10-15(14)21-5/h6-7,10,12,16,19H,8-9,11H2,1-5H3. The Morgan fingerprint density at radius 3 is 2.48 bits per heavy atom. The Morgan fingerprint density at radius 1 is 1.14 bits per heavy atom. The van der Waals surface area contributed by atoms with Gasteiger partial charge in [0.2, 0.25) is 0 Å². The van der Waals surface area contributed by atoms with E-state index in [4.69, 9.17) is 9.47 Å². The number of hydrogen-bond donors (Lipinski definition) is 1. The van der Waals surface area contributed by atoms with Gasteiger partial charge in [-0.05, 0) is 48.1 Å². The Kier molecular flexibility index (Phi) is 3.34. The Labute approximate surface area is 128 Å². The van der Waals surface area contributed by atoms with Crippen LogP contribution in [0.4, 0.5) is 5.69 Å². The maximum atomic E-state index is 5.54. The summed E-state index contributed by atoms with van der Waals surface area (Å²) >= 11 is 0. The van der Waals surface area contributed by atoms with E-state index in [9.17, 15) is 0 Å². The van der Waals surface area contributed by atoms with Gasteiger partial charge in [0.25, 0.3) is 0 Å². The zero-order valence-corrected chi connectivity index (χ0v) is 13.8. The SMILES string of the molecule is COc1ccc(NC2C3(C)CCC(C3)C2(C)C)c(OC)c1. The smallest absolute Gasteiger partial charge is 0.145 e. The van der Waals surface area contributed by atoms with Gasteiger partial charge in [0, 0.05) is 12.1 Å². The van der Waals surface area contributed by atoms with E-state index in [2.05, 4.69) is 32.2 Å². The van der Waals surface area contributed by atoms with Crippen LogP contribution in [-0.4, -0.2) is 20.3 Å². The molecule has 3 rings (SSSR count). The number of methoxy groups -OCH3 is 2. The summed E-state index contributed by atoms with van der Waals surface area (Å²) in [5.74, 6) is 2.52. The van der Waals surface area contributed by atoms with Crippen molar-refractivity contribution in [1.82, 2.24) is 0 Å². The highest BCUT2D eigenvalue weighted by Gasteiger charge is 2.59. The molecule has 2 bridgehead atoms. The molecule has 21 heavy (non-hydrogen) atoms. The fraction of sp³-hybridized carbons (Fsp3) is 0.667. The van der Waals surface area contributed by atoms with E-state index in [1.807, 2.05) is 12.1 Å². The number of rotatable bonds is 4. The quantitative estimate of drug-likeness (QED) is 0.895. The van der Waals surface area contributed by atoms with Crippen LogP contribution in [-0.2, 0) is 0 Å². The minimum atomic E-state index is 0.331. The van der Waals surface area contributed by atoms with E-state index < -0.39 is 0 Å². The predicted molar refractivity (Wildman–Crippen MR) is 86.2 cm³/mol. The molecule has 3 nitrogen and oxygen atoms in total. The second-order valence-corrected chi connectivity index (χ2v) is 7.56. The Morgan fingerprint density at radius 2 is 1.90 bits per heavy atom. The lowest BCUT2D eigenvalue weighted by molar-refractivity contribution is 0.155. The second-order valence-electron chi connectivity index (χ2n) is 7.56. The number of hydrogen-bond acceptors (Lipinski definition) is 3. The maximum absolute atomic E-state index is 5.54. The molecule has 3 unspecified atom stereocenters. The van der Waals surface area contributed by atoms with Gasteiger partial charge in [-0.2, -0.15) is 0 Å². The molecule has 2 aliphatic rings. The van der Waals surface area contributed by atoms with Crippen LogP contribution in [0.1, 0.15) is 40.0 Å². The summed E-state index contributed by atoms with van der Waals surface area (Å²) < 4.78 is 10.8. The van der Waals surface area contributed by atoms with Gasteiger partial charge in [-0.1, -0.05) is 20.8 Å². The highest BCUT2D eigenvalue weighted by molar-refractivity contribution is 5.60. The Hall–Kier alpha value is -1.38. The minimum absolute atomic E-state index is 0.331. The van der Waals surface area contributed by atoms with Crippen LogP contribution >= 0.6 is 0 Å². The van der Waals surface area contributed by atoms with Crippen molar-refractivity contribution in [1.29, 1.82) is 0 Å². The summed E-state index contributed by atoms with van der Waals surface area (Å²) in [4.78, 5) is 0. The van der Waals surface area contributed by atoms with Crippen molar-refractivity contribution < 1.29 is 9.47 Å². The molecule has 2 aliphatic carbocycles. The molecule has 0 aromatic heterocycles. The van der Waals surface area contributed by atoms with Crippen molar-refractivity contribution >= 4 is 5.69 Å². The third-order valence-corrected chi connectivity index (χ3v) is 5.98. The summed E-state index contributed by atoms with van der Waals surface area (Å²) in [6.45, 7) is 7.26. The lowest BCUT2D eigenvalue weighted by Gasteiger charge is -2.43. The molecule has 0 heterocycles. The molecule has 3 heteroatoms. The van der Waals surface area contributed by atoms with Gasteiger partial charge >= 0.3 is 0 Å². The first-order chi connectivity index (χ1) is 9.90. The van der Waals surface area contributed by atoms with Crippen LogP contribution < -0.4 is 14.8 Å². The van der Waals surface area contributed by atoms with Crippen LogP contribution in [0.5, 0.6) is 11.5 Å². The molecule has 0 saturated heterocycles. The van der Waals surface area contributed by atoms with Crippen molar-refractivity contribution in [3.63, 3.8) is 0 Å². The van der Waals surface area contributed by atoms with Gasteiger partial charge in [0.05, 0.1) is 19.9 Å². The predicted octanol–water partition coefficient (Wildman–Crippen LogP) is 4.33. The normalized spacial score (nSPS) is 33.0. The summed E-state index contributed by atoms with van der Waals surface area (Å²) in [5, 5.41) is 3.79. The molecule has 116 valence electrons. The molecule has 0 radical (unpaired) electrons. The zero-order chi connectivity index (χ0) is 15.3. The van der Waals surface area contributed by atoms with Crippen LogP contribution in [0, 0.1) is 16.7 Å². The molecular formula is C18H27NO2. The average molecular weight is 289 g/mol. The first kappa shape index (κ1) is 14.6. The van der Waals surface area contributed by atoms with E-state index in [1.165, 1.54) is 19.3 Å². The highest BCUT2D eigenvalue weighted by atomic mass is 16.5. The minimum Gasteiger partial charge on any atom is -0.497 e. The van der Waals surface area contributed by atoms with Crippen molar-refractivity contribution in [2.45, 2.75) is 46.1 Å². The molecule has 1 aromatic rings. The third-order valence-electron chi connectivity index (χ3n) is 5.98. The van der Waals surface area contributed by atoms with Gasteiger partial charge in [-0.25, -0.2) is 0 Å². The largest absolute Gasteiger partial charge is 0.497 e. The van der Waals surface area contributed by atoms with Crippen LogP contribution in [0.3, 0.4) is 0 Å². The van der Waals surface area contributed by atoms with E-state index in [0.717, 1.165) is 23.1 Å². The molecule has 0 spiro atoms. The summed E-state index contributed by atoms with van der Waals surface area (Å²) in [7, 11) is 3.40. The number of benzene rings is 1. The average Bonchev–Trinajstić information content (AvgIpc) is 2.94. The van der Waals surface area contributed by atoms with Crippen LogP contribution in [0.25, 0.3) is 0 Å². The first-order valence-electron chi connectivity index (χ1n) is 7.89.